The molecule has 3 N–H and O–H groups in total. The molecule has 0 aromatic rings. The Hall–Kier alpha value is -0.160. The maximum absolute atomic E-state index is 5.79. The van der Waals surface area contributed by atoms with Gasteiger partial charge in [0.1, 0.15) is 0 Å². The predicted molar refractivity (Wildman–Crippen MR) is 67.5 cm³/mol. The molecule has 0 aromatic heterocycles. The van der Waals surface area contributed by atoms with Gasteiger partial charge in [-0.25, -0.2) is 0 Å². The van der Waals surface area contributed by atoms with Crippen LogP contribution in [0.25, 0.3) is 0 Å². The summed E-state index contributed by atoms with van der Waals surface area (Å²) in [6.07, 6.45) is 2.54. The lowest BCUT2D eigenvalue weighted by Crippen LogP contribution is -2.46. The largest absolute Gasteiger partial charge is 0.330 e. The van der Waals surface area contributed by atoms with Gasteiger partial charge in [0.25, 0.3) is 0 Å². The molecule has 2 fully saturated rings. The van der Waals surface area contributed by atoms with Gasteiger partial charge in [0, 0.05) is 32.2 Å². The Morgan fingerprint density at radius 3 is 2.69 bits per heavy atom. The summed E-state index contributed by atoms with van der Waals surface area (Å²) in [5.74, 6) is 0.715. The van der Waals surface area contributed by atoms with Crippen molar-refractivity contribution >= 4 is 0 Å². The van der Waals surface area contributed by atoms with E-state index in [4.69, 9.17) is 5.73 Å². The fourth-order valence-electron chi connectivity index (χ4n) is 2.83. The van der Waals surface area contributed by atoms with E-state index in [1.165, 1.54) is 45.6 Å². The predicted octanol–water partition coefficient (Wildman–Crippen LogP) is -0.439. The third-order valence-electron chi connectivity index (χ3n) is 4.15. The van der Waals surface area contributed by atoms with Crippen LogP contribution in [0.4, 0.5) is 0 Å². The van der Waals surface area contributed by atoms with Crippen molar-refractivity contribution in [1.82, 2.24) is 15.1 Å². The van der Waals surface area contributed by atoms with Crippen LogP contribution in [0.15, 0.2) is 0 Å². The normalized spacial score (nSPS) is 33.4. The van der Waals surface area contributed by atoms with E-state index in [-0.39, 0.29) is 0 Å². The lowest BCUT2D eigenvalue weighted by Gasteiger charge is -2.33. The molecule has 0 amide bonds. The average molecular weight is 226 g/mol. The van der Waals surface area contributed by atoms with E-state index in [9.17, 15) is 0 Å². The summed E-state index contributed by atoms with van der Waals surface area (Å²) in [6.45, 7) is 8.15. The molecule has 16 heavy (non-hydrogen) atoms. The Kier molecular flexibility index (Phi) is 4.58. The smallest absolute Gasteiger partial charge is 0.0120 e. The van der Waals surface area contributed by atoms with E-state index in [0.717, 1.165) is 13.1 Å². The topological polar surface area (TPSA) is 44.5 Å². The maximum atomic E-state index is 5.79. The van der Waals surface area contributed by atoms with Gasteiger partial charge < -0.3 is 20.9 Å². The molecular formula is C12H26N4. The third kappa shape index (κ3) is 3.17. The molecule has 2 aliphatic heterocycles. The van der Waals surface area contributed by atoms with E-state index in [1.54, 1.807) is 0 Å². The Balaban J connectivity index is 1.67. The van der Waals surface area contributed by atoms with Gasteiger partial charge in [0.05, 0.1) is 0 Å². The summed E-state index contributed by atoms with van der Waals surface area (Å²) in [4.78, 5) is 5.00. The molecule has 0 aromatic carbocycles. The summed E-state index contributed by atoms with van der Waals surface area (Å²) in [5, 5.41) is 3.59. The monoisotopic (exact) mass is 226 g/mol. The fourth-order valence-corrected chi connectivity index (χ4v) is 2.83. The lowest BCUT2D eigenvalue weighted by atomic mass is 9.98. The zero-order valence-corrected chi connectivity index (χ0v) is 10.5. The fraction of sp³-hybridized carbons (Fsp3) is 1.00. The molecule has 0 radical (unpaired) electrons. The van der Waals surface area contributed by atoms with Crippen molar-refractivity contribution in [2.45, 2.75) is 18.9 Å². The molecule has 2 aliphatic rings. The highest BCUT2D eigenvalue weighted by Crippen LogP contribution is 2.17. The highest BCUT2D eigenvalue weighted by Gasteiger charge is 2.26. The van der Waals surface area contributed by atoms with E-state index in [2.05, 4.69) is 22.2 Å². The molecule has 0 aliphatic carbocycles. The molecule has 4 heteroatoms. The molecule has 94 valence electrons. The second-order valence-electron chi connectivity index (χ2n) is 5.28. The van der Waals surface area contributed by atoms with Crippen LogP contribution in [-0.2, 0) is 0 Å². The first-order valence-electron chi connectivity index (χ1n) is 6.64. The van der Waals surface area contributed by atoms with Crippen LogP contribution in [0.3, 0.4) is 0 Å². The lowest BCUT2D eigenvalue weighted by molar-refractivity contribution is 0.147. The number of rotatable bonds is 4. The Morgan fingerprint density at radius 2 is 2.00 bits per heavy atom. The quantitative estimate of drug-likeness (QED) is 0.682. The van der Waals surface area contributed by atoms with Gasteiger partial charge in [-0.15, -0.1) is 0 Å². The van der Waals surface area contributed by atoms with Crippen LogP contribution < -0.4 is 11.1 Å². The minimum absolute atomic E-state index is 0.671. The molecule has 0 saturated carbocycles. The number of piperazine rings is 1. The summed E-state index contributed by atoms with van der Waals surface area (Å²) in [5.41, 5.74) is 5.79. The van der Waals surface area contributed by atoms with Gasteiger partial charge in [-0.3, -0.25) is 0 Å². The number of nitrogens with one attached hydrogen (secondary N) is 1. The SMILES string of the molecule is CN1CCN(CCC2NCCC2CN)CC1. The highest BCUT2D eigenvalue weighted by atomic mass is 15.2. The molecule has 0 bridgehead atoms. The van der Waals surface area contributed by atoms with Crippen molar-refractivity contribution in [3.05, 3.63) is 0 Å². The van der Waals surface area contributed by atoms with Gasteiger partial charge in [0.15, 0.2) is 0 Å². The van der Waals surface area contributed by atoms with Gasteiger partial charge in [-0.05, 0) is 45.4 Å². The van der Waals surface area contributed by atoms with Crippen LogP contribution in [0.1, 0.15) is 12.8 Å². The van der Waals surface area contributed by atoms with Crippen LogP contribution in [0.2, 0.25) is 0 Å². The number of nitrogens with zero attached hydrogens (tertiary/aromatic N) is 2. The van der Waals surface area contributed by atoms with Crippen LogP contribution in [0.5, 0.6) is 0 Å². The second kappa shape index (κ2) is 5.96. The zero-order chi connectivity index (χ0) is 11.4. The first-order chi connectivity index (χ1) is 7.79. The molecular weight excluding hydrogens is 200 g/mol. The van der Waals surface area contributed by atoms with Crippen molar-refractivity contribution in [1.29, 1.82) is 0 Å². The maximum Gasteiger partial charge on any atom is 0.0120 e. The van der Waals surface area contributed by atoms with Crippen molar-refractivity contribution in [2.24, 2.45) is 11.7 Å². The first kappa shape index (κ1) is 12.3. The van der Waals surface area contributed by atoms with Crippen LogP contribution >= 0.6 is 0 Å². The van der Waals surface area contributed by atoms with E-state index in [1.807, 2.05) is 0 Å². The van der Waals surface area contributed by atoms with Gasteiger partial charge in [-0.2, -0.15) is 0 Å². The molecule has 2 rings (SSSR count). The Morgan fingerprint density at radius 1 is 1.25 bits per heavy atom. The Bertz CT molecular complexity index is 201. The van der Waals surface area contributed by atoms with Crippen molar-refractivity contribution in [2.75, 3.05) is 52.9 Å². The minimum Gasteiger partial charge on any atom is -0.330 e. The van der Waals surface area contributed by atoms with Gasteiger partial charge >= 0.3 is 0 Å². The van der Waals surface area contributed by atoms with Crippen molar-refractivity contribution < 1.29 is 0 Å². The molecule has 2 atom stereocenters. The molecule has 2 heterocycles. The van der Waals surface area contributed by atoms with Crippen LogP contribution in [0, 0.1) is 5.92 Å². The molecule has 4 nitrogen and oxygen atoms in total. The van der Waals surface area contributed by atoms with E-state index < -0.39 is 0 Å². The number of nitrogens with two attached hydrogens (primary N) is 1. The average Bonchev–Trinajstić information content (AvgIpc) is 2.76. The summed E-state index contributed by atoms with van der Waals surface area (Å²) < 4.78 is 0. The Labute approximate surface area is 99.2 Å². The number of likely N-dealkylation sites (N-methyl/N-ethyl adjacent to an activating group) is 1. The van der Waals surface area contributed by atoms with E-state index >= 15 is 0 Å². The van der Waals surface area contributed by atoms with Crippen molar-refractivity contribution in [3.63, 3.8) is 0 Å². The van der Waals surface area contributed by atoms with E-state index in [0.29, 0.717) is 12.0 Å². The molecule has 2 unspecified atom stereocenters. The second-order valence-corrected chi connectivity index (χ2v) is 5.28. The van der Waals surface area contributed by atoms with Crippen molar-refractivity contribution in [3.8, 4) is 0 Å². The summed E-state index contributed by atoms with van der Waals surface area (Å²) >= 11 is 0. The highest BCUT2D eigenvalue weighted by molar-refractivity contribution is 4.85. The summed E-state index contributed by atoms with van der Waals surface area (Å²) in [7, 11) is 2.21. The van der Waals surface area contributed by atoms with Gasteiger partial charge in [0.2, 0.25) is 0 Å². The first-order valence-corrected chi connectivity index (χ1v) is 6.64. The minimum atomic E-state index is 0.671. The number of hydrogen-bond acceptors (Lipinski definition) is 4. The molecule has 2 saturated heterocycles. The summed E-state index contributed by atoms with van der Waals surface area (Å²) in [6, 6.07) is 0.671. The zero-order valence-electron chi connectivity index (χ0n) is 10.5. The third-order valence-corrected chi connectivity index (χ3v) is 4.15. The van der Waals surface area contributed by atoms with Crippen LogP contribution in [-0.4, -0.2) is 68.7 Å². The standard InChI is InChI=1S/C12H26N4/c1-15-6-8-16(9-7-15)5-3-12-11(10-13)2-4-14-12/h11-12,14H,2-10,13H2,1H3. The number of hydrogen-bond donors (Lipinski definition) is 2. The molecule has 0 spiro atoms. The van der Waals surface area contributed by atoms with Gasteiger partial charge in [-0.1, -0.05) is 0 Å².